The van der Waals surface area contributed by atoms with Crippen LogP contribution in [0.1, 0.15) is 16.8 Å². The first kappa shape index (κ1) is 20.3. The number of aliphatic imine (C=N–C) groups is 1. The number of rotatable bonds is 6. The third-order valence-corrected chi connectivity index (χ3v) is 5.03. The van der Waals surface area contributed by atoms with Crippen LogP contribution in [0.5, 0.6) is 0 Å². The first-order valence-electron chi connectivity index (χ1n) is 8.71. The second-order valence-electron chi connectivity index (χ2n) is 6.08. The van der Waals surface area contributed by atoms with E-state index in [4.69, 9.17) is 0 Å². The maximum Gasteiger partial charge on any atom is 0.193 e. The van der Waals surface area contributed by atoms with Crippen molar-refractivity contribution in [1.82, 2.24) is 29.8 Å². The second kappa shape index (κ2) is 9.69. The highest BCUT2D eigenvalue weighted by Gasteiger charge is 2.06. The van der Waals surface area contributed by atoms with E-state index in [0.717, 1.165) is 23.2 Å². The molecule has 2 N–H and O–H groups in total. The lowest BCUT2D eigenvalue weighted by molar-refractivity contribution is 0.677. The molecule has 0 unspecified atom stereocenters. The Labute approximate surface area is 184 Å². The predicted octanol–water partition coefficient (Wildman–Crippen LogP) is 3.12. The van der Waals surface area contributed by atoms with Gasteiger partial charge >= 0.3 is 0 Å². The molecule has 9 heteroatoms. The van der Waals surface area contributed by atoms with Crippen LogP contribution >= 0.6 is 35.3 Å². The van der Waals surface area contributed by atoms with Crippen LogP contribution in [0.2, 0.25) is 0 Å². The van der Waals surface area contributed by atoms with Crippen molar-refractivity contribution in [2.75, 3.05) is 7.05 Å². The van der Waals surface area contributed by atoms with Gasteiger partial charge in [0.15, 0.2) is 10.9 Å². The summed E-state index contributed by atoms with van der Waals surface area (Å²) in [5, 5.41) is 13.0. The molecule has 4 aromatic rings. The molecule has 0 amide bonds. The van der Waals surface area contributed by atoms with Crippen LogP contribution < -0.4 is 10.6 Å². The highest BCUT2D eigenvalue weighted by molar-refractivity contribution is 14.0. The third-order valence-electron chi connectivity index (χ3n) is 4.26. The Balaban J connectivity index is 0.00000225. The van der Waals surface area contributed by atoms with Crippen LogP contribution in [0.3, 0.4) is 0 Å². The highest BCUT2D eigenvalue weighted by Crippen LogP contribution is 2.12. The monoisotopic (exact) mass is 507 g/mol. The van der Waals surface area contributed by atoms with Crippen molar-refractivity contribution in [1.29, 1.82) is 0 Å². The van der Waals surface area contributed by atoms with Gasteiger partial charge in [-0.1, -0.05) is 24.3 Å². The Morgan fingerprint density at radius 2 is 1.93 bits per heavy atom. The van der Waals surface area contributed by atoms with E-state index in [1.165, 1.54) is 11.1 Å². The van der Waals surface area contributed by atoms with Crippen molar-refractivity contribution >= 4 is 46.2 Å². The fraction of sp³-hybridized carbons (Fsp3) is 0.211. The molecule has 146 valence electrons. The smallest absolute Gasteiger partial charge is 0.193 e. The highest BCUT2D eigenvalue weighted by atomic mass is 127. The molecule has 0 aliphatic rings. The number of nitrogens with zero attached hydrogens (tertiary/aromatic N) is 5. The molecular formula is C19H22IN7S. The number of imidazole rings is 1. The molecule has 0 bridgehead atoms. The van der Waals surface area contributed by atoms with Gasteiger partial charge in [-0.2, -0.15) is 5.10 Å². The van der Waals surface area contributed by atoms with Crippen molar-refractivity contribution in [3.63, 3.8) is 0 Å². The molecule has 3 aromatic heterocycles. The van der Waals surface area contributed by atoms with Crippen LogP contribution in [0, 0.1) is 0 Å². The zero-order chi connectivity index (χ0) is 18.5. The molecule has 0 saturated heterocycles. The summed E-state index contributed by atoms with van der Waals surface area (Å²) in [5.74, 6) is 0.750. The SMILES string of the molecule is CN=C(NCc1cn2ccsc2n1)NCc1ccccc1Cn1cccn1.I. The first-order valence-corrected chi connectivity index (χ1v) is 9.59. The molecule has 1 aromatic carbocycles. The van der Waals surface area contributed by atoms with E-state index in [2.05, 4.69) is 50.0 Å². The molecule has 0 radical (unpaired) electrons. The lowest BCUT2D eigenvalue weighted by Crippen LogP contribution is -2.36. The van der Waals surface area contributed by atoms with Crippen molar-refractivity contribution in [2.45, 2.75) is 19.6 Å². The molecule has 7 nitrogen and oxygen atoms in total. The minimum absolute atomic E-state index is 0. The average molecular weight is 507 g/mol. The summed E-state index contributed by atoms with van der Waals surface area (Å²) in [4.78, 5) is 9.89. The summed E-state index contributed by atoms with van der Waals surface area (Å²) in [5.41, 5.74) is 3.45. The van der Waals surface area contributed by atoms with Crippen LogP contribution in [0.25, 0.3) is 4.96 Å². The van der Waals surface area contributed by atoms with Gasteiger partial charge in [0, 0.05) is 43.8 Å². The van der Waals surface area contributed by atoms with Crippen LogP contribution in [0.4, 0.5) is 0 Å². The van der Waals surface area contributed by atoms with Crippen molar-refractivity contribution in [2.24, 2.45) is 4.99 Å². The van der Waals surface area contributed by atoms with Gasteiger partial charge in [-0.25, -0.2) is 4.98 Å². The lowest BCUT2D eigenvalue weighted by atomic mass is 10.1. The predicted molar refractivity (Wildman–Crippen MR) is 123 cm³/mol. The lowest BCUT2D eigenvalue weighted by Gasteiger charge is -2.14. The summed E-state index contributed by atoms with van der Waals surface area (Å²) in [6.07, 6.45) is 7.82. The van der Waals surface area contributed by atoms with E-state index in [-0.39, 0.29) is 24.0 Å². The topological polar surface area (TPSA) is 71.5 Å². The Morgan fingerprint density at radius 3 is 2.68 bits per heavy atom. The Morgan fingerprint density at radius 1 is 1.11 bits per heavy atom. The standard InChI is InChI=1S/C19H21N7S.HI/c1-20-18(22-12-17-14-25-9-10-27-19(25)24-17)21-11-15-5-2-3-6-16(15)13-26-8-4-7-23-26;/h2-10,14H,11-13H2,1H3,(H2,20,21,22);1H. The third kappa shape index (κ3) is 4.90. The summed E-state index contributed by atoms with van der Waals surface area (Å²) < 4.78 is 3.96. The molecule has 0 spiro atoms. The summed E-state index contributed by atoms with van der Waals surface area (Å²) in [6.45, 7) is 2.07. The summed E-state index contributed by atoms with van der Waals surface area (Å²) in [7, 11) is 1.77. The van der Waals surface area contributed by atoms with Gasteiger partial charge in [0.2, 0.25) is 0 Å². The first-order chi connectivity index (χ1) is 13.3. The number of hydrogen-bond donors (Lipinski definition) is 2. The molecule has 3 heterocycles. The van der Waals surface area contributed by atoms with Crippen molar-refractivity contribution in [3.05, 3.63) is 77.3 Å². The van der Waals surface area contributed by atoms with E-state index in [0.29, 0.717) is 13.1 Å². The minimum atomic E-state index is 0. The van der Waals surface area contributed by atoms with Crippen LogP contribution in [-0.2, 0) is 19.6 Å². The number of fused-ring (bicyclic) bond motifs is 1. The fourth-order valence-electron chi connectivity index (χ4n) is 2.89. The summed E-state index contributed by atoms with van der Waals surface area (Å²) >= 11 is 1.63. The zero-order valence-corrected chi connectivity index (χ0v) is 18.6. The van der Waals surface area contributed by atoms with Gasteiger partial charge in [0.25, 0.3) is 0 Å². The number of benzene rings is 1. The van der Waals surface area contributed by atoms with Gasteiger partial charge in [0.1, 0.15) is 0 Å². The van der Waals surface area contributed by atoms with Gasteiger partial charge < -0.3 is 10.6 Å². The number of aromatic nitrogens is 4. The number of guanidine groups is 1. The molecule has 0 aliphatic carbocycles. The van der Waals surface area contributed by atoms with Gasteiger partial charge in [-0.05, 0) is 17.2 Å². The van der Waals surface area contributed by atoms with E-state index in [1.54, 1.807) is 24.6 Å². The van der Waals surface area contributed by atoms with E-state index in [1.807, 2.05) is 39.1 Å². The molecule has 4 rings (SSSR count). The van der Waals surface area contributed by atoms with Gasteiger partial charge in [-0.3, -0.25) is 14.1 Å². The molecule has 0 atom stereocenters. The van der Waals surface area contributed by atoms with E-state index in [9.17, 15) is 0 Å². The average Bonchev–Trinajstić information content (AvgIpc) is 3.41. The molecule has 28 heavy (non-hydrogen) atoms. The number of nitrogens with one attached hydrogen (secondary N) is 2. The fourth-order valence-corrected chi connectivity index (χ4v) is 3.61. The number of hydrogen-bond acceptors (Lipinski definition) is 4. The Kier molecular flexibility index (Phi) is 7.04. The maximum atomic E-state index is 4.58. The van der Waals surface area contributed by atoms with Gasteiger partial charge in [0.05, 0.1) is 18.8 Å². The minimum Gasteiger partial charge on any atom is -0.352 e. The Bertz CT molecular complexity index is 1010. The zero-order valence-electron chi connectivity index (χ0n) is 15.4. The quantitative estimate of drug-likeness (QED) is 0.239. The van der Waals surface area contributed by atoms with Gasteiger partial charge in [-0.15, -0.1) is 35.3 Å². The van der Waals surface area contributed by atoms with Crippen LogP contribution in [0.15, 0.2) is 65.5 Å². The second-order valence-corrected chi connectivity index (χ2v) is 6.95. The van der Waals surface area contributed by atoms with Crippen molar-refractivity contribution in [3.8, 4) is 0 Å². The largest absolute Gasteiger partial charge is 0.352 e. The maximum absolute atomic E-state index is 4.58. The number of thiazole rings is 1. The van der Waals surface area contributed by atoms with Crippen LogP contribution in [-0.4, -0.2) is 32.2 Å². The molecule has 0 saturated carbocycles. The molecule has 0 fully saturated rings. The Hall–Kier alpha value is -2.40. The van der Waals surface area contributed by atoms with Crippen molar-refractivity contribution < 1.29 is 0 Å². The molecule has 0 aliphatic heterocycles. The summed E-state index contributed by atoms with van der Waals surface area (Å²) in [6, 6.07) is 10.3. The van der Waals surface area contributed by atoms with E-state index < -0.39 is 0 Å². The number of halogens is 1. The van der Waals surface area contributed by atoms with E-state index >= 15 is 0 Å². The normalized spacial score (nSPS) is 11.4. The molecular weight excluding hydrogens is 485 g/mol.